The van der Waals surface area contributed by atoms with Crippen LogP contribution in [0.2, 0.25) is 0 Å². The van der Waals surface area contributed by atoms with Crippen molar-refractivity contribution in [2.45, 2.75) is 52.4 Å². The minimum Gasteiger partial charge on any atom is -0.465 e. The van der Waals surface area contributed by atoms with Crippen LogP contribution in [0.1, 0.15) is 69.7 Å². The topological polar surface area (TPSA) is 84.5 Å². The molecule has 2 N–H and O–H groups in total. The molecule has 6 rings (SSSR count). The molecule has 0 unspecified atom stereocenters. The summed E-state index contributed by atoms with van der Waals surface area (Å²) in [5.74, 6) is 1.08. The standard InChI is InChI=1S/C26H30N2O4S/c1-14-6-4-5-7-19(14)27-22(29)21-15(2)20(24(30)32-3)23(33-21)28-25(31)26-11-16-8-17(12-26)10-18(9-16)13-26/h4-7,16-18H,8-13H2,1-3H3,(H,27,29)(H,28,31). The van der Waals surface area contributed by atoms with E-state index in [1.165, 1.54) is 26.4 Å². The van der Waals surface area contributed by atoms with Gasteiger partial charge in [-0.2, -0.15) is 0 Å². The first-order valence-electron chi connectivity index (χ1n) is 11.7. The lowest BCUT2D eigenvalue weighted by Gasteiger charge is -2.55. The third kappa shape index (κ3) is 3.86. The van der Waals surface area contributed by atoms with E-state index in [1.807, 2.05) is 31.2 Å². The van der Waals surface area contributed by atoms with E-state index >= 15 is 0 Å². The molecule has 4 bridgehead atoms. The molecule has 174 valence electrons. The van der Waals surface area contributed by atoms with Crippen LogP contribution in [0.25, 0.3) is 0 Å². The molecule has 4 fully saturated rings. The van der Waals surface area contributed by atoms with Gasteiger partial charge in [-0.1, -0.05) is 18.2 Å². The molecule has 7 heteroatoms. The van der Waals surface area contributed by atoms with Crippen molar-refractivity contribution in [1.29, 1.82) is 0 Å². The lowest BCUT2D eigenvalue weighted by molar-refractivity contribution is -0.140. The zero-order valence-corrected chi connectivity index (χ0v) is 20.1. The molecule has 0 aliphatic heterocycles. The maximum atomic E-state index is 13.6. The Hall–Kier alpha value is -2.67. The molecule has 0 saturated heterocycles. The Labute approximate surface area is 198 Å². The molecule has 2 amide bonds. The molecule has 0 spiro atoms. The number of anilines is 2. The number of esters is 1. The van der Waals surface area contributed by atoms with Gasteiger partial charge < -0.3 is 15.4 Å². The van der Waals surface area contributed by atoms with Gasteiger partial charge >= 0.3 is 5.97 Å². The lowest BCUT2D eigenvalue weighted by atomic mass is 9.49. The van der Waals surface area contributed by atoms with Crippen LogP contribution < -0.4 is 10.6 Å². The van der Waals surface area contributed by atoms with Crippen molar-refractivity contribution in [1.82, 2.24) is 0 Å². The van der Waals surface area contributed by atoms with E-state index in [2.05, 4.69) is 10.6 Å². The smallest absolute Gasteiger partial charge is 0.341 e. The van der Waals surface area contributed by atoms with E-state index in [1.54, 1.807) is 6.92 Å². The minimum atomic E-state index is -0.542. The maximum absolute atomic E-state index is 13.6. The van der Waals surface area contributed by atoms with Crippen molar-refractivity contribution in [2.24, 2.45) is 23.2 Å². The van der Waals surface area contributed by atoms with E-state index in [9.17, 15) is 14.4 Å². The highest BCUT2D eigenvalue weighted by molar-refractivity contribution is 7.19. The Morgan fingerprint density at radius 1 is 0.970 bits per heavy atom. The number of benzene rings is 1. The molecule has 4 aliphatic rings. The largest absolute Gasteiger partial charge is 0.465 e. The summed E-state index contributed by atoms with van der Waals surface area (Å²) in [5, 5.41) is 6.42. The fourth-order valence-electron chi connectivity index (χ4n) is 6.68. The van der Waals surface area contributed by atoms with Gasteiger partial charge in [-0.3, -0.25) is 9.59 Å². The second kappa shape index (κ2) is 8.28. The molecule has 2 aromatic rings. The van der Waals surface area contributed by atoms with Crippen LogP contribution in [0.5, 0.6) is 0 Å². The number of carbonyl (C=O) groups is 3. The molecular formula is C26H30N2O4S. The number of thiophene rings is 1. The van der Waals surface area contributed by atoms with Crippen molar-refractivity contribution in [3.8, 4) is 0 Å². The number of para-hydroxylation sites is 1. The SMILES string of the molecule is COC(=O)c1c(NC(=O)C23CC4CC(CC(C4)C2)C3)sc(C(=O)Nc2ccccc2C)c1C. The third-order valence-corrected chi connectivity index (χ3v) is 9.09. The Morgan fingerprint density at radius 3 is 2.15 bits per heavy atom. The van der Waals surface area contributed by atoms with E-state index < -0.39 is 5.97 Å². The molecule has 4 aliphatic carbocycles. The number of aryl methyl sites for hydroxylation is 1. The predicted molar refractivity (Wildman–Crippen MR) is 129 cm³/mol. The summed E-state index contributed by atoms with van der Waals surface area (Å²) in [6.07, 6.45) is 6.56. The van der Waals surface area contributed by atoms with Crippen molar-refractivity contribution in [2.75, 3.05) is 17.7 Å². The summed E-state index contributed by atoms with van der Waals surface area (Å²) in [5.41, 5.74) is 2.12. The number of nitrogens with one attached hydrogen (secondary N) is 2. The molecule has 6 nitrogen and oxygen atoms in total. The monoisotopic (exact) mass is 466 g/mol. The highest BCUT2D eigenvalue weighted by Crippen LogP contribution is 2.60. The summed E-state index contributed by atoms with van der Waals surface area (Å²) in [6.45, 7) is 3.66. The highest BCUT2D eigenvalue weighted by Gasteiger charge is 2.54. The first-order chi connectivity index (χ1) is 15.8. The summed E-state index contributed by atoms with van der Waals surface area (Å²) < 4.78 is 5.00. The van der Waals surface area contributed by atoms with Gasteiger partial charge in [0, 0.05) is 5.69 Å². The number of amides is 2. The summed E-state index contributed by atoms with van der Waals surface area (Å²) in [4.78, 5) is 39.7. The number of rotatable bonds is 5. The van der Waals surface area contributed by atoms with Gasteiger partial charge in [0.1, 0.15) is 5.00 Å². The Kier molecular flexibility index (Phi) is 5.55. The van der Waals surface area contributed by atoms with Gasteiger partial charge in [-0.25, -0.2) is 4.79 Å². The molecule has 4 saturated carbocycles. The van der Waals surface area contributed by atoms with Gasteiger partial charge in [0.2, 0.25) is 5.91 Å². The van der Waals surface area contributed by atoms with Crippen molar-refractivity contribution in [3.63, 3.8) is 0 Å². The van der Waals surface area contributed by atoms with Crippen LogP contribution in [0.4, 0.5) is 10.7 Å². The third-order valence-electron chi connectivity index (χ3n) is 7.88. The fourth-order valence-corrected chi connectivity index (χ4v) is 7.77. The van der Waals surface area contributed by atoms with Crippen LogP contribution in [0, 0.1) is 37.0 Å². The van der Waals surface area contributed by atoms with Gasteiger partial charge in [-0.05, 0) is 87.3 Å². The lowest BCUT2D eigenvalue weighted by Crippen LogP contribution is -2.51. The molecule has 0 atom stereocenters. The predicted octanol–water partition coefficient (Wildman–Crippen LogP) is 5.56. The summed E-state index contributed by atoms with van der Waals surface area (Å²) in [6, 6.07) is 7.54. The van der Waals surface area contributed by atoms with Gasteiger partial charge in [0.05, 0.1) is 23.0 Å². The Morgan fingerprint density at radius 2 is 1.58 bits per heavy atom. The summed E-state index contributed by atoms with van der Waals surface area (Å²) >= 11 is 1.15. The molecule has 33 heavy (non-hydrogen) atoms. The van der Waals surface area contributed by atoms with Crippen LogP contribution >= 0.6 is 11.3 Å². The van der Waals surface area contributed by atoms with Crippen LogP contribution in [-0.2, 0) is 9.53 Å². The normalized spacial score (nSPS) is 27.3. The van der Waals surface area contributed by atoms with E-state index in [4.69, 9.17) is 4.74 Å². The van der Waals surface area contributed by atoms with Gasteiger partial charge in [0.25, 0.3) is 5.91 Å². The van der Waals surface area contributed by atoms with Crippen molar-refractivity contribution >= 4 is 39.8 Å². The van der Waals surface area contributed by atoms with E-state index in [0.717, 1.165) is 36.2 Å². The molecule has 1 heterocycles. The van der Waals surface area contributed by atoms with Crippen LogP contribution in [0.3, 0.4) is 0 Å². The number of hydrogen-bond acceptors (Lipinski definition) is 5. The first-order valence-corrected chi connectivity index (χ1v) is 12.5. The maximum Gasteiger partial charge on any atom is 0.341 e. The highest BCUT2D eigenvalue weighted by atomic mass is 32.1. The Bertz CT molecular complexity index is 1100. The quantitative estimate of drug-likeness (QED) is 0.565. The zero-order valence-electron chi connectivity index (χ0n) is 19.3. The minimum absolute atomic E-state index is 0.00105. The second-order valence-corrected chi connectivity index (χ2v) is 11.2. The van der Waals surface area contributed by atoms with Crippen molar-refractivity contribution < 1.29 is 19.1 Å². The van der Waals surface area contributed by atoms with Gasteiger partial charge in [-0.15, -0.1) is 11.3 Å². The van der Waals surface area contributed by atoms with E-state index in [0.29, 0.717) is 38.9 Å². The Balaban J connectivity index is 1.43. The average Bonchev–Trinajstić information content (AvgIpc) is 3.09. The summed E-state index contributed by atoms with van der Waals surface area (Å²) in [7, 11) is 1.32. The molecular weight excluding hydrogens is 436 g/mol. The molecule has 1 aromatic heterocycles. The molecule has 1 aromatic carbocycles. The number of methoxy groups -OCH3 is 1. The first kappa shape index (κ1) is 22.1. The number of ether oxygens (including phenoxy) is 1. The fraction of sp³-hybridized carbons (Fsp3) is 0.500. The second-order valence-electron chi connectivity index (χ2n) is 10.2. The molecule has 0 radical (unpaired) electrons. The zero-order chi connectivity index (χ0) is 23.3. The number of carbonyl (C=O) groups excluding carboxylic acids is 3. The average molecular weight is 467 g/mol. The van der Waals surface area contributed by atoms with E-state index in [-0.39, 0.29) is 22.8 Å². The van der Waals surface area contributed by atoms with Crippen LogP contribution in [-0.4, -0.2) is 24.9 Å². The van der Waals surface area contributed by atoms with Crippen LogP contribution in [0.15, 0.2) is 24.3 Å². The van der Waals surface area contributed by atoms with Gasteiger partial charge in [0.15, 0.2) is 0 Å². The number of hydrogen-bond donors (Lipinski definition) is 2. The van der Waals surface area contributed by atoms with Crippen molar-refractivity contribution in [3.05, 3.63) is 45.8 Å².